The SMILES string of the molecule is CCCCC(C)CC.CCCCC(C)CC.O=C(O)c1ccccc1C(=O)O. The van der Waals surface area contributed by atoms with Gasteiger partial charge < -0.3 is 10.2 Å². The lowest BCUT2D eigenvalue weighted by atomic mass is 10.0. The van der Waals surface area contributed by atoms with Crippen LogP contribution in [-0.4, -0.2) is 22.2 Å². The molecule has 0 amide bonds. The van der Waals surface area contributed by atoms with Gasteiger partial charge >= 0.3 is 11.9 Å². The fourth-order valence-electron chi connectivity index (χ4n) is 2.37. The van der Waals surface area contributed by atoms with Crippen LogP contribution in [0.3, 0.4) is 0 Å². The molecule has 4 heteroatoms. The molecule has 0 saturated heterocycles. The van der Waals surface area contributed by atoms with Crippen molar-refractivity contribution < 1.29 is 19.8 Å². The van der Waals surface area contributed by atoms with Crippen molar-refractivity contribution >= 4 is 11.9 Å². The highest BCUT2D eigenvalue weighted by atomic mass is 16.4. The molecule has 2 N–H and O–H groups in total. The van der Waals surface area contributed by atoms with Gasteiger partial charge in [0.2, 0.25) is 0 Å². The maximum Gasteiger partial charge on any atom is 0.336 e. The quantitative estimate of drug-likeness (QED) is 0.430. The molecule has 1 rings (SSSR count). The molecular weight excluding hydrogens is 352 g/mol. The van der Waals surface area contributed by atoms with E-state index in [1.807, 2.05) is 0 Å². The van der Waals surface area contributed by atoms with E-state index in [-0.39, 0.29) is 11.1 Å². The molecule has 0 fully saturated rings. The normalized spacial score (nSPS) is 11.9. The highest BCUT2D eigenvalue weighted by Gasteiger charge is 2.13. The molecule has 0 aliphatic carbocycles. The van der Waals surface area contributed by atoms with Gasteiger partial charge in [-0.15, -0.1) is 0 Å². The van der Waals surface area contributed by atoms with E-state index in [1.165, 1.54) is 75.6 Å². The summed E-state index contributed by atoms with van der Waals surface area (Å²) in [5.41, 5.74) is -0.380. The topological polar surface area (TPSA) is 74.6 Å². The van der Waals surface area contributed by atoms with E-state index >= 15 is 0 Å². The highest BCUT2D eigenvalue weighted by Crippen LogP contribution is 2.10. The van der Waals surface area contributed by atoms with Gasteiger partial charge in [-0.25, -0.2) is 9.59 Å². The van der Waals surface area contributed by atoms with Gasteiger partial charge in [0, 0.05) is 0 Å². The second kappa shape index (κ2) is 18.5. The zero-order valence-electron chi connectivity index (χ0n) is 18.8. The number of carboxylic acid groups (broad SMARTS) is 2. The maximum absolute atomic E-state index is 10.5. The number of carboxylic acids is 2. The van der Waals surface area contributed by atoms with Gasteiger partial charge in [0.1, 0.15) is 0 Å². The van der Waals surface area contributed by atoms with Crippen molar-refractivity contribution in [2.75, 3.05) is 0 Å². The Morgan fingerprint density at radius 2 is 1.07 bits per heavy atom. The van der Waals surface area contributed by atoms with Crippen LogP contribution in [0.2, 0.25) is 0 Å². The van der Waals surface area contributed by atoms with Gasteiger partial charge in [-0.1, -0.05) is 105 Å². The minimum atomic E-state index is -1.23. The second-order valence-corrected chi connectivity index (χ2v) is 7.47. The van der Waals surface area contributed by atoms with Crippen LogP contribution in [-0.2, 0) is 0 Å². The zero-order valence-corrected chi connectivity index (χ0v) is 18.8. The van der Waals surface area contributed by atoms with Gasteiger partial charge in [0.25, 0.3) is 0 Å². The number of rotatable bonds is 10. The number of unbranched alkanes of at least 4 members (excludes halogenated alkanes) is 2. The van der Waals surface area contributed by atoms with Crippen LogP contribution in [0.25, 0.3) is 0 Å². The van der Waals surface area contributed by atoms with Crippen LogP contribution in [0.1, 0.15) is 114 Å². The fourth-order valence-corrected chi connectivity index (χ4v) is 2.37. The molecule has 0 saturated carbocycles. The predicted molar refractivity (Wildman–Crippen MR) is 118 cm³/mol. The highest BCUT2D eigenvalue weighted by molar-refractivity contribution is 6.01. The fraction of sp³-hybridized carbons (Fsp3) is 0.667. The lowest BCUT2D eigenvalue weighted by Gasteiger charge is -2.04. The molecule has 28 heavy (non-hydrogen) atoms. The van der Waals surface area contributed by atoms with Gasteiger partial charge in [-0.2, -0.15) is 0 Å². The van der Waals surface area contributed by atoms with Crippen LogP contribution in [0.5, 0.6) is 0 Å². The average Bonchev–Trinajstić information content (AvgIpc) is 2.70. The number of carbonyl (C=O) groups is 2. The summed E-state index contributed by atoms with van der Waals surface area (Å²) in [6.45, 7) is 13.7. The lowest BCUT2D eigenvalue weighted by molar-refractivity contribution is 0.0651. The van der Waals surface area contributed by atoms with Crippen LogP contribution >= 0.6 is 0 Å². The monoisotopic (exact) mass is 394 g/mol. The molecule has 4 nitrogen and oxygen atoms in total. The zero-order chi connectivity index (χ0) is 21.9. The van der Waals surface area contributed by atoms with E-state index in [0.717, 1.165) is 11.8 Å². The summed E-state index contributed by atoms with van der Waals surface area (Å²) in [6.07, 6.45) is 11.1. The van der Waals surface area contributed by atoms with Gasteiger partial charge in [-0.3, -0.25) is 0 Å². The minimum absolute atomic E-state index is 0.190. The van der Waals surface area contributed by atoms with Crippen molar-refractivity contribution in [1.82, 2.24) is 0 Å². The van der Waals surface area contributed by atoms with Gasteiger partial charge in [0.05, 0.1) is 11.1 Å². The maximum atomic E-state index is 10.5. The van der Waals surface area contributed by atoms with E-state index < -0.39 is 11.9 Å². The van der Waals surface area contributed by atoms with Crippen LogP contribution in [0.4, 0.5) is 0 Å². The molecule has 162 valence electrons. The Morgan fingerprint density at radius 1 is 0.750 bits per heavy atom. The summed E-state index contributed by atoms with van der Waals surface area (Å²) in [7, 11) is 0. The van der Waals surface area contributed by atoms with E-state index in [0.29, 0.717) is 0 Å². The Kier molecular flexibility index (Phi) is 18.8. The second-order valence-electron chi connectivity index (χ2n) is 7.47. The molecule has 0 bridgehead atoms. The van der Waals surface area contributed by atoms with E-state index in [9.17, 15) is 9.59 Å². The molecule has 1 aromatic carbocycles. The Labute approximate surface area is 172 Å². The molecule has 0 heterocycles. The first kappa shape index (κ1) is 28.4. The van der Waals surface area contributed by atoms with Crippen molar-refractivity contribution in [1.29, 1.82) is 0 Å². The van der Waals surface area contributed by atoms with Gasteiger partial charge in [-0.05, 0) is 24.0 Å². The van der Waals surface area contributed by atoms with E-state index in [1.54, 1.807) is 0 Å². The Balaban J connectivity index is 0. The minimum Gasteiger partial charge on any atom is -0.478 e. The molecule has 1 aromatic rings. The lowest BCUT2D eigenvalue weighted by Crippen LogP contribution is -2.06. The summed E-state index contributed by atoms with van der Waals surface area (Å²) >= 11 is 0. The molecule has 0 aromatic heterocycles. The van der Waals surface area contributed by atoms with Crippen molar-refractivity contribution in [3.05, 3.63) is 35.4 Å². The van der Waals surface area contributed by atoms with Crippen LogP contribution < -0.4 is 0 Å². The van der Waals surface area contributed by atoms with Crippen LogP contribution in [0, 0.1) is 11.8 Å². The first-order chi connectivity index (χ1) is 13.2. The Morgan fingerprint density at radius 3 is 1.29 bits per heavy atom. The summed E-state index contributed by atoms with van der Waals surface area (Å²) in [5.74, 6) is -0.550. The van der Waals surface area contributed by atoms with E-state index in [2.05, 4.69) is 41.5 Å². The third-order valence-corrected chi connectivity index (χ3v) is 4.88. The first-order valence-corrected chi connectivity index (χ1v) is 10.8. The largest absolute Gasteiger partial charge is 0.478 e. The summed E-state index contributed by atoms with van der Waals surface area (Å²) in [4.78, 5) is 20.9. The molecule has 0 aliphatic heterocycles. The Hall–Kier alpha value is -1.84. The number of benzene rings is 1. The molecule has 0 spiro atoms. The first-order valence-electron chi connectivity index (χ1n) is 10.8. The number of aromatic carboxylic acids is 2. The van der Waals surface area contributed by atoms with Crippen LogP contribution in [0.15, 0.2) is 24.3 Å². The number of hydrogen-bond acceptors (Lipinski definition) is 2. The molecule has 0 aliphatic rings. The van der Waals surface area contributed by atoms with E-state index in [4.69, 9.17) is 10.2 Å². The van der Waals surface area contributed by atoms with Crippen molar-refractivity contribution in [2.24, 2.45) is 11.8 Å². The average molecular weight is 395 g/mol. The predicted octanol–water partition coefficient (Wildman–Crippen LogP) is 7.53. The standard InChI is InChI=1S/C8H6O4.2C8H18/c9-7(10)5-3-1-2-4-6(5)8(11)12;2*1-4-6-7-8(3)5-2/h1-4H,(H,9,10)(H,11,12);2*8H,4-7H2,1-3H3. The molecule has 2 atom stereocenters. The molecular formula is C24H42O4. The molecule has 2 unspecified atom stereocenters. The van der Waals surface area contributed by atoms with Crippen molar-refractivity contribution in [3.8, 4) is 0 Å². The summed E-state index contributed by atoms with van der Waals surface area (Å²) in [5, 5.41) is 17.1. The summed E-state index contributed by atoms with van der Waals surface area (Å²) < 4.78 is 0. The van der Waals surface area contributed by atoms with Gasteiger partial charge in [0.15, 0.2) is 0 Å². The smallest absolute Gasteiger partial charge is 0.336 e. The Bertz CT molecular complexity index is 478. The van der Waals surface area contributed by atoms with Crippen molar-refractivity contribution in [3.63, 3.8) is 0 Å². The third-order valence-electron chi connectivity index (χ3n) is 4.88. The molecule has 0 radical (unpaired) electrons. The van der Waals surface area contributed by atoms with Crippen molar-refractivity contribution in [2.45, 2.75) is 92.9 Å². The number of hydrogen-bond donors (Lipinski definition) is 2. The third kappa shape index (κ3) is 15.2. The summed E-state index contributed by atoms with van der Waals surface area (Å²) in [6, 6.07) is 5.48.